The minimum Gasteiger partial charge on any atom is -0.480 e. The second-order valence-corrected chi connectivity index (χ2v) is 7.29. The van der Waals surface area contributed by atoms with E-state index in [4.69, 9.17) is 11.6 Å². The first-order chi connectivity index (χ1) is 13.3. The van der Waals surface area contributed by atoms with Crippen molar-refractivity contribution in [1.29, 1.82) is 0 Å². The van der Waals surface area contributed by atoms with Crippen LogP contribution in [0.15, 0.2) is 60.7 Å². The number of hydrogen-bond acceptors (Lipinski definition) is 2. The van der Waals surface area contributed by atoms with E-state index in [0.29, 0.717) is 16.1 Å². The summed E-state index contributed by atoms with van der Waals surface area (Å²) in [6, 6.07) is 18.2. The molecule has 4 nitrogen and oxygen atoms in total. The first-order valence-electron chi connectivity index (χ1n) is 8.63. The van der Waals surface area contributed by atoms with Crippen molar-refractivity contribution in [3.05, 3.63) is 82.4 Å². The Balaban J connectivity index is 2.11. The van der Waals surface area contributed by atoms with Gasteiger partial charge >= 0.3 is 5.97 Å². The smallest absolute Gasteiger partial charge is 0.328 e. The van der Waals surface area contributed by atoms with Crippen LogP contribution < -0.4 is 5.32 Å². The number of aliphatic carboxylic acids is 1. The van der Waals surface area contributed by atoms with E-state index in [1.807, 2.05) is 30.3 Å². The molecule has 3 rings (SSSR count). The third-order valence-electron chi connectivity index (χ3n) is 4.31. The molecule has 0 bridgehead atoms. The van der Waals surface area contributed by atoms with E-state index >= 15 is 0 Å². The lowest BCUT2D eigenvalue weighted by molar-refractivity contribution is -0.143. The van der Waals surface area contributed by atoms with Crippen LogP contribution in [0.1, 0.15) is 35.3 Å². The van der Waals surface area contributed by atoms with Gasteiger partial charge in [0, 0.05) is 16.1 Å². The maximum atomic E-state index is 12.8. The molecule has 0 aliphatic rings. The highest BCUT2D eigenvalue weighted by Gasteiger charge is 2.30. The zero-order chi connectivity index (χ0) is 20.3. The van der Waals surface area contributed by atoms with E-state index in [-0.39, 0.29) is 0 Å². The van der Waals surface area contributed by atoms with Crippen LogP contribution in [-0.4, -0.2) is 22.5 Å². The third kappa shape index (κ3) is 4.16. The molecule has 1 amide bonds. The Morgan fingerprint density at radius 1 is 0.964 bits per heavy atom. The Kier molecular flexibility index (Phi) is 5.39. The number of amides is 1. The first-order valence-corrected chi connectivity index (χ1v) is 9.01. The van der Waals surface area contributed by atoms with Gasteiger partial charge in [-0.25, -0.2) is 4.79 Å². The van der Waals surface area contributed by atoms with Crippen molar-refractivity contribution in [2.24, 2.45) is 0 Å². The van der Waals surface area contributed by atoms with Crippen molar-refractivity contribution in [1.82, 2.24) is 5.32 Å². The molecule has 3 aromatic rings. The van der Waals surface area contributed by atoms with Crippen LogP contribution in [0.3, 0.4) is 0 Å². The molecular weight excluding hydrogens is 374 g/mol. The van der Waals surface area contributed by atoms with Crippen LogP contribution >= 0.6 is 11.6 Å². The van der Waals surface area contributed by atoms with Gasteiger partial charge in [-0.3, -0.25) is 4.79 Å². The van der Waals surface area contributed by atoms with E-state index in [1.54, 1.807) is 30.3 Å². The lowest BCUT2D eigenvalue weighted by Crippen LogP contribution is -2.49. The molecule has 0 saturated heterocycles. The number of benzene rings is 3. The highest BCUT2D eigenvalue weighted by molar-refractivity contribution is 6.30. The second-order valence-electron chi connectivity index (χ2n) is 6.85. The second kappa shape index (κ2) is 7.75. The Labute approximate surface area is 168 Å². The van der Waals surface area contributed by atoms with Crippen LogP contribution in [0.2, 0.25) is 5.02 Å². The predicted molar refractivity (Wildman–Crippen MR) is 111 cm³/mol. The van der Waals surface area contributed by atoms with Gasteiger partial charge in [-0.2, -0.15) is 0 Å². The molecule has 5 heteroatoms. The molecule has 28 heavy (non-hydrogen) atoms. The van der Waals surface area contributed by atoms with E-state index in [2.05, 4.69) is 17.2 Å². The van der Waals surface area contributed by atoms with Gasteiger partial charge in [-0.1, -0.05) is 53.8 Å². The number of carboxylic acids is 1. The molecule has 0 aliphatic carbocycles. The highest BCUT2D eigenvalue weighted by atomic mass is 35.5. The minimum absolute atomic E-state index is 0.328. The third-order valence-corrected chi connectivity index (χ3v) is 4.56. The van der Waals surface area contributed by atoms with Crippen molar-refractivity contribution in [2.45, 2.75) is 19.4 Å². The maximum absolute atomic E-state index is 12.8. The number of nitrogens with one attached hydrogen (secondary N) is 1. The molecule has 0 atom stereocenters. The Morgan fingerprint density at radius 3 is 2.32 bits per heavy atom. The zero-order valence-corrected chi connectivity index (χ0v) is 16.2. The molecule has 0 heterocycles. The summed E-state index contributed by atoms with van der Waals surface area (Å²) in [5.74, 6) is 4.54. The largest absolute Gasteiger partial charge is 0.480 e. The summed E-state index contributed by atoms with van der Waals surface area (Å²) in [6.07, 6.45) is 0. The fraction of sp³-hybridized carbons (Fsp3) is 0.130. The van der Waals surface area contributed by atoms with E-state index in [9.17, 15) is 14.7 Å². The zero-order valence-electron chi connectivity index (χ0n) is 15.4. The monoisotopic (exact) mass is 391 g/mol. The van der Waals surface area contributed by atoms with Crippen LogP contribution in [0.25, 0.3) is 10.8 Å². The Bertz CT molecular complexity index is 1120. The van der Waals surface area contributed by atoms with Crippen LogP contribution in [-0.2, 0) is 4.79 Å². The molecule has 3 aromatic carbocycles. The van der Waals surface area contributed by atoms with Gasteiger partial charge in [-0.05, 0) is 55.0 Å². The highest BCUT2D eigenvalue weighted by Crippen LogP contribution is 2.23. The summed E-state index contributed by atoms with van der Waals surface area (Å²) in [6.45, 7) is 2.88. The minimum atomic E-state index is -1.40. The molecule has 0 spiro atoms. The van der Waals surface area contributed by atoms with Gasteiger partial charge in [0.25, 0.3) is 5.91 Å². The average Bonchev–Trinajstić information content (AvgIpc) is 2.66. The number of carbonyl (C=O) groups is 2. The lowest BCUT2D eigenvalue weighted by atomic mass is 9.97. The number of fused-ring (bicyclic) bond motifs is 1. The van der Waals surface area contributed by atoms with Gasteiger partial charge < -0.3 is 10.4 Å². The normalized spacial score (nSPS) is 10.8. The van der Waals surface area contributed by atoms with Gasteiger partial charge in [0.2, 0.25) is 0 Å². The molecule has 0 radical (unpaired) electrons. The van der Waals surface area contributed by atoms with Gasteiger partial charge in [0.1, 0.15) is 5.54 Å². The van der Waals surface area contributed by atoms with Crippen molar-refractivity contribution in [2.75, 3.05) is 0 Å². The van der Waals surface area contributed by atoms with Crippen molar-refractivity contribution in [3.8, 4) is 11.8 Å². The number of rotatable bonds is 3. The summed E-state index contributed by atoms with van der Waals surface area (Å²) in [5.41, 5.74) is 0.236. The summed E-state index contributed by atoms with van der Waals surface area (Å²) < 4.78 is 0. The van der Waals surface area contributed by atoms with E-state index < -0.39 is 17.4 Å². The fourth-order valence-corrected chi connectivity index (χ4v) is 2.79. The molecule has 140 valence electrons. The van der Waals surface area contributed by atoms with Crippen molar-refractivity contribution >= 4 is 34.2 Å². The lowest BCUT2D eigenvalue weighted by Gasteiger charge is -2.21. The van der Waals surface area contributed by atoms with Crippen LogP contribution in [0.5, 0.6) is 0 Å². The number of hydrogen-bond donors (Lipinski definition) is 2. The first kappa shape index (κ1) is 19.5. The van der Waals surface area contributed by atoms with Crippen molar-refractivity contribution < 1.29 is 14.7 Å². The van der Waals surface area contributed by atoms with Gasteiger partial charge in [0.05, 0.1) is 5.56 Å². The predicted octanol–water partition coefficient (Wildman–Crippen LogP) is 4.49. The molecule has 2 N–H and O–H groups in total. The summed E-state index contributed by atoms with van der Waals surface area (Å²) in [7, 11) is 0. The molecule has 0 fully saturated rings. The standard InChI is InChI=1S/C23H18ClNO3/c1-23(2,22(27)28)25-21(26)20-14-10-16-5-3-4-6-18(16)19(20)13-9-15-7-11-17(24)12-8-15/h3-8,10-12,14H,1-2H3,(H,25,26)(H,27,28). The molecule has 0 unspecified atom stereocenters. The van der Waals surface area contributed by atoms with Gasteiger partial charge in [-0.15, -0.1) is 0 Å². The van der Waals surface area contributed by atoms with E-state index in [1.165, 1.54) is 13.8 Å². The number of carboxylic acid groups (broad SMARTS) is 1. The molecule has 0 saturated carbocycles. The number of carbonyl (C=O) groups excluding carboxylic acids is 1. The van der Waals surface area contributed by atoms with Crippen LogP contribution in [0, 0.1) is 11.8 Å². The Morgan fingerprint density at radius 2 is 1.64 bits per heavy atom. The van der Waals surface area contributed by atoms with E-state index in [0.717, 1.165) is 16.3 Å². The average molecular weight is 392 g/mol. The quantitative estimate of drug-likeness (QED) is 0.646. The van der Waals surface area contributed by atoms with Gasteiger partial charge in [0.15, 0.2) is 0 Å². The summed E-state index contributed by atoms with van der Waals surface area (Å²) >= 11 is 5.91. The maximum Gasteiger partial charge on any atom is 0.328 e. The molecular formula is C23H18ClNO3. The van der Waals surface area contributed by atoms with Crippen molar-refractivity contribution in [3.63, 3.8) is 0 Å². The number of halogens is 1. The summed E-state index contributed by atoms with van der Waals surface area (Å²) in [5, 5.41) is 14.2. The SMILES string of the molecule is CC(C)(NC(=O)c1ccc2ccccc2c1C#Cc1ccc(Cl)cc1)C(=O)O. The fourth-order valence-electron chi connectivity index (χ4n) is 2.67. The van der Waals surface area contributed by atoms with Crippen LogP contribution in [0.4, 0.5) is 0 Å². The molecule has 0 aromatic heterocycles. The molecule has 0 aliphatic heterocycles. The summed E-state index contributed by atoms with van der Waals surface area (Å²) in [4.78, 5) is 24.2. The topological polar surface area (TPSA) is 66.4 Å². The Hall–Kier alpha value is -3.29.